The number of hydrogen-bond donors (Lipinski definition) is 1. The molecular weight excluding hydrogens is 164 g/mol. The van der Waals surface area contributed by atoms with E-state index in [0.29, 0.717) is 0 Å². The Kier molecular flexibility index (Phi) is 2.10. The zero-order valence-electron chi connectivity index (χ0n) is 7.29. The molecular formula is C8H13F2NO. The SMILES string of the molecule is CC(F)(F)CC(=O)NC1(C)CC1. The molecule has 0 unspecified atom stereocenters. The molecule has 0 aromatic heterocycles. The van der Waals surface area contributed by atoms with Crippen LogP contribution >= 0.6 is 0 Å². The number of halogens is 2. The molecule has 1 N–H and O–H groups in total. The number of amides is 1. The van der Waals surface area contributed by atoms with Gasteiger partial charge in [-0.2, -0.15) is 0 Å². The first kappa shape index (κ1) is 9.42. The van der Waals surface area contributed by atoms with Crippen molar-refractivity contribution in [2.24, 2.45) is 0 Å². The van der Waals surface area contributed by atoms with Crippen molar-refractivity contribution in [2.75, 3.05) is 0 Å². The highest BCUT2D eigenvalue weighted by Gasteiger charge is 2.39. The molecule has 0 spiro atoms. The maximum absolute atomic E-state index is 12.3. The van der Waals surface area contributed by atoms with Crippen LogP contribution in [0.1, 0.15) is 33.1 Å². The van der Waals surface area contributed by atoms with Gasteiger partial charge in [0, 0.05) is 5.54 Å². The van der Waals surface area contributed by atoms with E-state index in [-0.39, 0.29) is 5.54 Å². The van der Waals surface area contributed by atoms with Crippen molar-refractivity contribution in [3.8, 4) is 0 Å². The van der Waals surface area contributed by atoms with Gasteiger partial charge in [-0.15, -0.1) is 0 Å². The second-order valence-electron chi connectivity index (χ2n) is 3.86. The van der Waals surface area contributed by atoms with Crippen LogP contribution in [-0.2, 0) is 4.79 Å². The van der Waals surface area contributed by atoms with E-state index in [1.807, 2.05) is 6.92 Å². The van der Waals surface area contributed by atoms with Gasteiger partial charge in [-0.25, -0.2) is 8.78 Å². The van der Waals surface area contributed by atoms with Crippen LogP contribution in [0.3, 0.4) is 0 Å². The summed E-state index contributed by atoms with van der Waals surface area (Å²) in [5, 5.41) is 2.57. The molecule has 1 saturated carbocycles. The molecule has 1 fully saturated rings. The van der Waals surface area contributed by atoms with E-state index in [0.717, 1.165) is 19.8 Å². The summed E-state index contributed by atoms with van der Waals surface area (Å²) in [6.45, 7) is 2.61. The third-order valence-electron chi connectivity index (χ3n) is 1.91. The molecule has 0 saturated heterocycles. The minimum absolute atomic E-state index is 0.192. The fraction of sp³-hybridized carbons (Fsp3) is 0.875. The maximum Gasteiger partial charge on any atom is 0.254 e. The van der Waals surface area contributed by atoms with Crippen LogP contribution in [0, 0.1) is 0 Å². The predicted molar refractivity (Wildman–Crippen MR) is 41.0 cm³/mol. The first-order valence-electron chi connectivity index (χ1n) is 4.00. The fourth-order valence-electron chi connectivity index (χ4n) is 0.975. The van der Waals surface area contributed by atoms with E-state index in [4.69, 9.17) is 0 Å². The highest BCUT2D eigenvalue weighted by atomic mass is 19.3. The third-order valence-corrected chi connectivity index (χ3v) is 1.91. The van der Waals surface area contributed by atoms with Crippen molar-refractivity contribution >= 4 is 5.91 Å². The lowest BCUT2D eigenvalue weighted by atomic mass is 10.2. The second-order valence-corrected chi connectivity index (χ2v) is 3.86. The molecule has 12 heavy (non-hydrogen) atoms. The number of carbonyl (C=O) groups excluding carboxylic acids is 1. The molecule has 2 nitrogen and oxygen atoms in total. The van der Waals surface area contributed by atoms with Crippen LogP contribution in [0.4, 0.5) is 8.78 Å². The predicted octanol–water partition coefficient (Wildman–Crippen LogP) is 1.70. The van der Waals surface area contributed by atoms with Crippen molar-refractivity contribution in [1.29, 1.82) is 0 Å². The minimum atomic E-state index is -2.89. The normalized spacial score (nSPS) is 20.3. The van der Waals surface area contributed by atoms with Gasteiger partial charge in [-0.1, -0.05) is 0 Å². The van der Waals surface area contributed by atoms with Gasteiger partial charge in [0.2, 0.25) is 5.91 Å². The molecule has 0 aliphatic heterocycles. The quantitative estimate of drug-likeness (QED) is 0.698. The first-order chi connectivity index (χ1) is 5.31. The van der Waals surface area contributed by atoms with E-state index in [2.05, 4.69) is 5.32 Å². The monoisotopic (exact) mass is 177 g/mol. The Hall–Kier alpha value is -0.670. The Morgan fingerprint density at radius 1 is 1.58 bits per heavy atom. The number of alkyl halides is 2. The summed E-state index contributed by atoms with van der Waals surface area (Å²) in [6.07, 6.45) is 1.09. The molecule has 0 heterocycles. The number of carbonyl (C=O) groups is 1. The van der Waals surface area contributed by atoms with Crippen LogP contribution in [0.5, 0.6) is 0 Å². The van der Waals surface area contributed by atoms with Crippen LogP contribution < -0.4 is 5.32 Å². The zero-order valence-corrected chi connectivity index (χ0v) is 7.29. The summed E-state index contributed by atoms with van der Waals surface area (Å²) in [7, 11) is 0. The van der Waals surface area contributed by atoms with Crippen molar-refractivity contribution in [2.45, 2.75) is 44.6 Å². The number of hydrogen-bond acceptors (Lipinski definition) is 1. The summed E-state index contributed by atoms with van der Waals surface area (Å²) in [5.74, 6) is -3.45. The topological polar surface area (TPSA) is 29.1 Å². The molecule has 0 radical (unpaired) electrons. The zero-order chi connectivity index (χ0) is 9.41. The largest absolute Gasteiger partial charge is 0.351 e. The summed E-state index contributed by atoms with van der Waals surface area (Å²) >= 11 is 0. The summed E-state index contributed by atoms with van der Waals surface area (Å²) in [5.41, 5.74) is -0.192. The second kappa shape index (κ2) is 2.68. The van der Waals surface area contributed by atoms with E-state index < -0.39 is 18.3 Å². The molecule has 0 aromatic rings. The van der Waals surface area contributed by atoms with E-state index >= 15 is 0 Å². The van der Waals surface area contributed by atoms with Crippen LogP contribution in [0.2, 0.25) is 0 Å². The molecule has 1 aliphatic carbocycles. The molecule has 70 valence electrons. The lowest BCUT2D eigenvalue weighted by molar-refractivity contribution is -0.128. The lowest BCUT2D eigenvalue weighted by Gasteiger charge is -2.14. The lowest BCUT2D eigenvalue weighted by Crippen LogP contribution is -2.37. The van der Waals surface area contributed by atoms with E-state index in [1.165, 1.54) is 0 Å². The van der Waals surface area contributed by atoms with Gasteiger partial charge < -0.3 is 5.32 Å². The summed E-state index contributed by atoms with van der Waals surface area (Å²) < 4.78 is 24.6. The number of nitrogens with one attached hydrogen (secondary N) is 1. The van der Waals surface area contributed by atoms with Gasteiger partial charge in [0.25, 0.3) is 5.92 Å². The van der Waals surface area contributed by atoms with Crippen LogP contribution in [0.15, 0.2) is 0 Å². The standard InChI is InChI=1S/C8H13F2NO/c1-7(3-4-7)11-6(12)5-8(2,9)10/h3-5H2,1-2H3,(H,11,12). The van der Waals surface area contributed by atoms with E-state index in [9.17, 15) is 13.6 Å². The Bertz CT molecular complexity index is 184. The molecule has 1 aliphatic rings. The van der Waals surface area contributed by atoms with Crippen molar-refractivity contribution < 1.29 is 13.6 Å². The third kappa shape index (κ3) is 3.15. The molecule has 1 rings (SSSR count). The molecule has 0 atom stereocenters. The van der Waals surface area contributed by atoms with Gasteiger partial charge in [0.15, 0.2) is 0 Å². The van der Waals surface area contributed by atoms with Gasteiger partial charge in [-0.3, -0.25) is 4.79 Å². The van der Waals surface area contributed by atoms with Crippen LogP contribution in [0.25, 0.3) is 0 Å². The maximum atomic E-state index is 12.3. The summed E-state index contributed by atoms with van der Waals surface area (Å²) in [6, 6.07) is 0. The Labute approximate surface area is 70.3 Å². The average Bonchev–Trinajstić information content (AvgIpc) is 2.40. The van der Waals surface area contributed by atoms with Crippen molar-refractivity contribution in [1.82, 2.24) is 5.32 Å². The highest BCUT2D eigenvalue weighted by molar-refractivity contribution is 5.77. The van der Waals surface area contributed by atoms with E-state index in [1.54, 1.807) is 0 Å². The van der Waals surface area contributed by atoms with Crippen molar-refractivity contribution in [3.63, 3.8) is 0 Å². The summed E-state index contributed by atoms with van der Waals surface area (Å²) in [4.78, 5) is 10.9. The van der Waals surface area contributed by atoms with Gasteiger partial charge >= 0.3 is 0 Å². The highest BCUT2D eigenvalue weighted by Crippen LogP contribution is 2.34. The Balaban J connectivity index is 2.30. The van der Waals surface area contributed by atoms with Gasteiger partial charge in [-0.05, 0) is 26.7 Å². The molecule has 4 heteroatoms. The Morgan fingerprint density at radius 2 is 2.08 bits per heavy atom. The van der Waals surface area contributed by atoms with Crippen LogP contribution in [-0.4, -0.2) is 17.4 Å². The molecule has 1 amide bonds. The van der Waals surface area contributed by atoms with Crippen molar-refractivity contribution in [3.05, 3.63) is 0 Å². The Morgan fingerprint density at radius 3 is 2.42 bits per heavy atom. The smallest absolute Gasteiger partial charge is 0.254 e. The van der Waals surface area contributed by atoms with Gasteiger partial charge in [0.1, 0.15) is 0 Å². The first-order valence-corrected chi connectivity index (χ1v) is 4.00. The molecule has 0 aromatic carbocycles. The molecule has 0 bridgehead atoms. The van der Waals surface area contributed by atoms with Gasteiger partial charge in [0.05, 0.1) is 6.42 Å². The fourth-order valence-corrected chi connectivity index (χ4v) is 0.975. The number of rotatable bonds is 3. The average molecular weight is 177 g/mol. The minimum Gasteiger partial charge on any atom is -0.351 e.